The van der Waals surface area contributed by atoms with Crippen LogP contribution in [0.2, 0.25) is 0 Å². The van der Waals surface area contributed by atoms with Crippen molar-refractivity contribution in [3.63, 3.8) is 0 Å². The highest BCUT2D eigenvalue weighted by Gasteiger charge is 2.46. The molecule has 2 fully saturated rings. The molecule has 2 amide bonds. The summed E-state index contributed by atoms with van der Waals surface area (Å²) in [6.07, 6.45) is 10.7. The third kappa shape index (κ3) is 6.63. The Morgan fingerprint density at radius 3 is 2.68 bits per heavy atom. The molecule has 1 unspecified atom stereocenters. The van der Waals surface area contributed by atoms with Gasteiger partial charge in [0, 0.05) is 37.1 Å². The van der Waals surface area contributed by atoms with Gasteiger partial charge in [-0.3, -0.25) is 14.3 Å². The zero-order chi connectivity index (χ0) is 35.4. The van der Waals surface area contributed by atoms with E-state index in [0.717, 1.165) is 56.6 Å². The fourth-order valence-electron chi connectivity index (χ4n) is 9.06. The Morgan fingerprint density at radius 1 is 1.16 bits per heavy atom. The van der Waals surface area contributed by atoms with E-state index < -0.39 is 38.5 Å². The van der Waals surface area contributed by atoms with E-state index in [4.69, 9.17) is 9.47 Å². The Bertz CT molecular complexity index is 1810. The van der Waals surface area contributed by atoms with Crippen LogP contribution in [0.25, 0.3) is 0 Å². The monoisotopic (exact) mass is 703 g/mol. The minimum absolute atomic E-state index is 0.0488. The van der Waals surface area contributed by atoms with Gasteiger partial charge in [0.25, 0.3) is 5.91 Å². The molecule has 10 heteroatoms. The first-order chi connectivity index (χ1) is 23.8. The summed E-state index contributed by atoms with van der Waals surface area (Å²) in [4.78, 5) is 29.8. The first kappa shape index (κ1) is 35.2. The Balaban J connectivity index is 1.30. The Labute approximate surface area is 297 Å². The molecule has 270 valence electrons. The SMILES string of the molecule is CO[C@H]1/C=C/C[C@H](C)[C@@H](C)S(=O)(NC(=O)C2CC(C)(O)C2)=NC(=O)c2ccc3c(c2)N(C[C@@H]2CC[C@H]21)C[C@@]1(CCCc2cc(C)ccc21)CO3. The van der Waals surface area contributed by atoms with Gasteiger partial charge in [-0.1, -0.05) is 42.8 Å². The largest absolute Gasteiger partial charge is 0.490 e. The number of aryl methyl sites for hydroxylation is 2. The lowest BCUT2D eigenvalue weighted by atomic mass is 9.68. The van der Waals surface area contributed by atoms with Gasteiger partial charge in [0.05, 0.1) is 29.2 Å². The van der Waals surface area contributed by atoms with Crippen molar-refractivity contribution in [2.45, 2.75) is 101 Å². The number of hydrogen-bond donors (Lipinski definition) is 2. The van der Waals surface area contributed by atoms with Gasteiger partial charge in [0.1, 0.15) is 15.7 Å². The van der Waals surface area contributed by atoms with Crippen molar-refractivity contribution in [3.05, 3.63) is 70.8 Å². The number of carbonyl (C=O) groups is 2. The molecule has 2 N–H and O–H groups in total. The van der Waals surface area contributed by atoms with Crippen molar-refractivity contribution in [1.82, 2.24) is 4.72 Å². The van der Waals surface area contributed by atoms with E-state index in [0.29, 0.717) is 30.4 Å². The van der Waals surface area contributed by atoms with E-state index in [1.54, 1.807) is 27.0 Å². The van der Waals surface area contributed by atoms with Crippen molar-refractivity contribution in [1.29, 1.82) is 0 Å². The lowest BCUT2D eigenvalue weighted by Crippen LogP contribution is -2.51. The maximum Gasteiger partial charge on any atom is 0.286 e. The van der Waals surface area contributed by atoms with Gasteiger partial charge in [-0.25, -0.2) is 4.21 Å². The van der Waals surface area contributed by atoms with Gasteiger partial charge < -0.3 is 19.5 Å². The number of allylic oxidation sites excluding steroid dienone is 1. The molecule has 2 aliphatic heterocycles. The molecule has 50 heavy (non-hydrogen) atoms. The van der Waals surface area contributed by atoms with Gasteiger partial charge in [-0.15, -0.1) is 4.36 Å². The summed E-state index contributed by atoms with van der Waals surface area (Å²) >= 11 is 0. The zero-order valence-electron chi connectivity index (χ0n) is 30.2. The van der Waals surface area contributed by atoms with Crippen molar-refractivity contribution in [2.24, 2.45) is 28.0 Å². The van der Waals surface area contributed by atoms with Gasteiger partial charge in [-0.2, -0.15) is 0 Å². The Kier molecular flexibility index (Phi) is 9.44. The van der Waals surface area contributed by atoms with Crippen LogP contribution in [0.1, 0.15) is 92.8 Å². The molecule has 5 aliphatic rings. The Hall–Kier alpha value is -3.21. The van der Waals surface area contributed by atoms with Gasteiger partial charge in [0.15, 0.2) is 0 Å². The van der Waals surface area contributed by atoms with Gasteiger partial charge in [-0.05, 0) is 119 Å². The molecule has 3 aliphatic carbocycles. The molecule has 0 saturated heterocycles. The normalized spacial score (nSPS) is 37.5. The second-order valence-electron chi connectivity index (χ2n) is 16.2. The van der Waals surface area contributed by atoms with E-state index in [1.165, 1.54) is 16.7 Å². The highest BCUT2D eigenvalue weighted by Crippen LogP contribution is 2.47. The molecule has 7 atom stereocenters. The quantitative estimate of drug-likeness (QED) is 0.361. The predicted molar refractivity (Wildman–Crippen MR) is 196 cm³/mol. The van der Waals surface area contributed by atoms with Gasteiger partial charge >= 0.3 is 0 Å². The third-order valence-electron chi connectivity index (χ3n) is 12.5. The van der Waals surface area contributed by atoms with Crippen LogP contribution in [0.3, 0.4) is 0 Å². The molecule has 2 bridgehead atoms. The van der Waals surface area contributed by atoms with Crippen molar-refractivity contribution < 1.29 is 28.4 Å². The average Bonchev–Trinajstić information content (AvgIpc) is 3.20. The van der Waals surface area contributed by atoms with Crippen LogP contribution in [0.4, 0.5) is 5.69 Å². The number of aliphatic hydroxyl groups is 1. The highest BCUT2D eigenvalue weighted by atomic mass is 32.2. The maximum atomic E-state index is 14.7. The summed E-state index contributed by atoms with van der Waals surface area (Å²) in [6, 6.07) is 12.2. The Morgan fingerprint density at radius 2 is 1.96 bits per heavy atom. The molecule has 2 saturated carbocycles. The standard InChI is InChI=1S/C40H53N3O6S/c1-25-11-15-33-28(18-25)9-7-17-40(33)23-43-22-30-12-14-32(30)35(48-5)10-6-8-26(2)27(3)50(47,42-38(45)31-20-39(4,46)21-31)41-37(44)29-13-16-36(49-24-40)34(43)19-29/h6,10-11,13,15-16,18-19,26-27,30-32,35,46H,7-9,12,14,17,20-24H2,1-5H3,(H,41,42,44,45,47)/b10-6+/t26-,27+,30-,31?,32+,35-,39?,40-,50?/m0/s1. The summed E-state index contributed by atoms with van der Waals surface area (Å²) < 4.78 is 34.6. The number of carbonyl (C=O) groups excluding carboxylic acids is 2. The maximum absolute atomic E-state index is 14.7. The van der Waals surface area contributed by atoms with E-state index in [9.17, 15) is 18.9 Å². The fraction of sp³-hybridized carbons (Fsp3) is 0.600. The van der Waals surface area contributed by atoms with Crippen molar-refractivity contribution in [3.8, 4) is 5.75 Å². The summed E-state index contributed by atoms with van der Waals surface area (Å²) in [7, 11) is -1.77. The lowest BCUT2D eigenvalue weighted by Gasteiger charge is -2.46. The zero-order valence-corrected chi connectivity index (χ0v) is 31.0. The second-order valence-corrected chi connectivity index (χ2v) is 18.5. The van der Waals surface area contributed by atoms with Crippen LogP contribution in [-0.2, 0) is 31.3 Å². The minimum atomic E-state index is -3.55. The number of methoxy groups -OCH3 is 1. The molecular weight excluding hydrogens is 651 g/mol. The lowest BCUT2D eigenvalue weighted by molar-refractivity contribution is -0.137. The average molecular weight is 704 g/mol. The molecule has 1 spiro atoms. The van der Waals surface area contributed by atoms with Crippen molar-refractivity contribution >= 4 is 27.4 Å². The first-order valence-electron chi connectivity index (χ1n) is 18.5. The summed E-state index contributed by atoms with van der Waals surface area (Å²) in [5.74, 6) is -0.212. The molecule has 2 aromatic carbocycles. The number of ether oxygens (including phenoxy) is 2. The molecule has 0 radical (unpaired) electrons. The molecule has 0 aromatic heterocycles. The third-order valence-corrected chi connectivity index (χ3v) is 14.9. The molecule has 2 aromatic rings. The summed E-state index contributed by atoms with van der Waals surface area (Å²) in [5.41, 5.74) is 4.05. The smallest absolute Gasteiger partial charge is 0.286 e. The molecule has 2 heterocycles. The first-order valence-corrected chi connectivity index (χ1v) is 20.0. The number of fused-ring (bicyclic) bond motifs is 4. The predicted octanol–water partition coefficient (Wildman–Crippen LogP) is 6.29. The van der Waals surface area contributed by atoms with E-state index >= 15 is 0 Å². The number of benzene rings is 2. The minimum Gasteiger partial charge on any atom is -0.490 e. The highest BCUT2D eigenvalue weighted by molar-refractivity contribution is 7.93. The molecular formula is C40H53N3O6S. The second kappa shape index (κ2) is 13.4. The van der Waals surface area contributed by atoms with Crippen LogP contribution in [0, 0.1) is 30.6 Å². The fourth-order valence-corrected chi connectivity index (χ4v) is 11.0. The van der Waals surface area contributed by atoms with Crippen LogP contribution in [0.15, 0.2) is 52.9 Å². The van der Waals surface area contributed by atoms with Gasteiger partial charge in [0.2, 0.25) is 5.91 Å². The number of rotatable bonds is 3. The molecule has 7 rings (SSSR count). The van der Waals surface area contributed by atoms with Crippen LogP contribution >= 0.6 is 0 Å². The van der Waals surface area contributed by atoms with E-state index in [1.807, 2.05) is 19.1 Å². The number of amides is 2. The van der Waals surface area contributed by atoms with Crippen LogP contribution in [0.5, 0.6) is 5.75 Å². The van der Waals surface area contributed by atoms with Crippen molar-refractivity contribution in [2.75, 3.05) is 31.7 Å². The molecule has 9 nitrogen and oxygen atoms in total. The number of nitrogens with one attached hydrogen (secondary N) is 1. The van der Waals surface area contributed by atoms with E-state index in [2.05, 4.69) is 51.3 Å². The number of nitrogens with zero attached hydrogens (tertiary/aromatic N) is 2. The number of anilines is 1. The summed E-state index contributed by atoms with van der Waals surface area (Å²) in [5, 5.41) is 9.64. The topological polar surface area (TPSA) is 118 Å². The number of hydrogen-bond acceptors (Lipinski definition) is 7. The van der Waals surface area contributed by atoms with Crippen LogP contribution < -0.4 is 14.4 Å². The summed E-state index contributed by atoms with van der Waals surface area (Å²) in [6.45, 7) is 9.72. The van der Waals surface area contributed by atoms with Crippen LogP contribution in [-0.4, -0.2) is 64.9 Å². The van der Waals surface area contributed by atoms with E-state index in [-0.39, 0.29) is 30.3 Å².